The molecular formula is C14H15N5O3. The van der Waals surface area contributed by atoms with E-state index >= 15 is 0 Å². The average molecular weight is 301 g/mol. The molecule has 0 aliphatic rings. The van der Waals surface area contributed by atoms with Gasteiger partial charge >= 0.3 is 5.97 Å². The number of nitrogen functional groups attached to an aromatic ring is 1. The predicted molar refractivity (Wildman–Crippen MR) is 82.8 cm³/mol. The van der Waals surface area contributed by atoms with E-state index in [1.54, 1.807) is 25.1 Å². The molecule has 22 heavy (non-hydrogen) atoms. The van der Waals surface area contributed by atoms with Gasteiger partial charge in [-0.25, -0.2) is 9.78 Å². The van der Waals surface area contributed by atoms with Crippen molar-refractivity contribution in [1.29, 1.82) is 5.41 Å². The molecular weight excluding hydrogens is 286 g/mol. The number of ether oxygens (including phenoxy) is 1. The Hall–Kier alpha value is -3.16. The Morgan fingerprint density at radius 3 is 2.91 bits per heavy atom. The van der Waals surface area contributed by atoms with E-state index in [2.05, 4.69) is 15.3 Å². The minimum absolute atomic E-state index is 0.161. The number of rotatable bonds is 5. The standard InChI is InChI=1S/C14H15N5O3/c1-2-22-13(21)10-7-17-14(19-12(10)20)18-9-4-3-8(6-15)11(16)5-9/h3-7,15H,2,16H2,1H3,(H2,17,18,19,20). The van der Waals surface area contributed by atoms with E-state index in [0.717, 1.165) is 12.4 Å². The Morgan fingerprint density at radius 1 is 1.55 bits per heavy atom. The summed E-state index contributed by atoms with van der Waals surface area (Å²) in [6, 6.07) is 4.96. The normalized spacial score (nSPS) is 10.0. The summed E-state index contributed by atoms with van der Waals surface area (Å²) in [6.45, 7) is 1.83. The molecule has 8 heteroatoms. The summed E-state index contributed by atoms with van der Waals surface area (Å²) >= 11 is 0. The maximum Gasteiger partial charge on any atom is 0.345 e. The van der Waals surface area contributed by atoms with Crippen LogP contribution in [0.5, 0.6) is 0 Å². The number of aromatic amines is 1. The van der Waals surface area contributed by atoms with Gasteiger partial charge in [-0.2, -0.15) is 0 Å². The maximum atomic E-state index is 11.8. The van der Waals surface area contributed by atoms with Crippen molar-refractivity contribution in [1.82, 2.24) is 9.97 Å². The molecule has 0 aliphatic carbocycles. The lowest BCUT2D eigenvalue weighted by atomic mass is 10.2. The number of nitrogens with two attached hydrogens (primary N) is 1. The third kappa shape index (κ3) is 3.29. The van der Waals surface area contributed by atoms with Crippen LogP contribution in [-0.2, 0) is 4.74 Å². The number of benzene rings is 1. The van der Waals surface area contributed by atoms with Crippen molar-refractivity contribution in [3.8, 4) is 0 Å². The first kappa shape index (κ1) is 15.2. The summed E-state index contributed by atoms with van der Waals surface area (Å²) in [5.41, 5.74) is 6.61. The highest BCUT2D eigenvalue weighted by Crippen LogP contribution is 2.18. The van der Waals surface area contributed by atoms with Crippen LogP contribution in [0.1, 0.15) is 22.8 Å². The quantitative estimate of drug-likeness (QED) is 0.373. The Kier molecular flexibility index (Phi) is 4.52. The third-order valence-corrected chi connectivity index (χ3v) is 2.80. The van der Waals surface area contributed by atoms with Crippen molar-refractivity contribution in [2.24, 2.45) is 0 Å². The number of carbonyl (C=O) groups is 1. The molecule has 0 bridgehead atoms. The Labute approximate surface area is 125 Å². The molecule has 0 atom stereocenters. The SMILES string of the molecule is CCOC(=O)c1cnc(Nc2ccc(C=N)c(N)c2)[nH]c1=O. The van der Waals surface area contributed by atoms with E-state index in [4.69, 9.17) is 15.9 Å². The first-order valence-corrected chi connectivity index (χ1v) is 6.48. The fraction of sp³-hybridized carbons (Fsp3) is 0.143. The number of anilines is 3. The van der Waals surface area contributed by atoms with E-state index in [9.17, 15) is 9.59 Å². The van der Waals surface area contributed by atoms with Crippen molar-refractivity contribution in [2.45, 2.75) is 6.92 Å². The first-order chi connectivity index (χ1) is 10.5. The Bertz CT molecular complexity index is 769. The highest BCUT2D eigenvalue weighted by Gasteiger charge is 2.12. The third-order valence-electron chi connectivity index (χ3n) is 2.80. The summed E-state index contributed by atoms with van der Waals surface area (Å²) < 4.78 is 4.75. The van der Waals surface area contributed by atoms with Gasteiger partial charge in [-0.15, -0.1) is 0 Å². The van der Waals surface area contributed by atoms with Gasteiger partial charge in [-0.05, 0) is 25.1 Å². The monoisotopic (exact) mass is 301 g/mol. The molecule has 0 fully saturated rings. The fourth-order valence-corrected chi connectivity index (χ4v) is 1.73. The zero-order chi connectivity index (χ0) is 16.1. The van der Waals surface area contributed by atoms with Crippen molar-refractivity contribution in [2.75, 3.05) is 17.7 Å². The van der Waals surface area contributed by atoms with Crippen molar-refractivity contribution in [3.63, 3.8) is 0 Å². The number of esters is 1. The summed E-state index contributed by atoms with van der Waals surface area (Å²) in [6.07, 6.45) is 2.29. The number of hydrogen-bond acceptors (Lipinski definition) is 7. The minimum atomic E-state index is -0.720. The molecule has 2 aromatic rings. The van der Waals surface area contributed by atoms with Gasteiger partial charge in [0.25, 0.3) is 5.56 Å². The smallest absolute Gasteiger partial charge is 0.345 e. The molecule has 0 radical (unpaired) electrons. The van der Waals surface area contributed by atoms with Gasteiger partial charge in [0.2, 0.25) is 5.95 Å². The molecule has 8 nitrogen and oxygen atoms in total. The van der Waals surface area contributed by atoms with Crippen LogP contribution in [0.15, 0.2) is 29.2 Å². The number of nitrogens with zero attached hydrogens (tertiary/aromatic N) is 1. The first-order valence-electron chi connectivity index (χ1n) is 6.48. The van der Waals surface area contributed by atoms with Crippen LogP contribution in [0.4, 0.5) is 17.3 Å². The Balaban J connectivity index is 2.22. The molecule has 1 aromatic carbocycles. The van der Waals surface area contributed by atoms with Gasteiger partial charge in [0.05, 0.1) is 12.8 Å². The lowest BCUT2D eigenvalue weighted by molar-refractivity contribution is 0.0524. The van der Waals surface area contributed by atoms with Crippen molar-refractivity contribution < 1.29 is 9.53 Å². The maximum absolute atomic E-state index is 11.8. The number of carbonyl (C=O) groups excluding carboxylic acids is 1. The van der Waals surface area contributed by atoms with Crippen LogP contribution >= 0.6 is 0 Å². The summed E-state index contributed by atoms with van der Waals surface area (Å²) in [4.78, 5) is 29.7. The van der Waals surface area contributed by atoms with Crippen molar-refractivity contribution in [3.05, 3.63) is 45.9 Å². The zero-order valence-electron chi connectivity index (χ0n) is 11.8. The van der Waals surface area contributed by atoms with E-state index in [1.807, 2.05) is 0 Å². The molecule has 1 heterocycles. The van der Waals surface area contributed by atoms with E-state index < -0.39 is 11.5 Å². The van der Waals surface area contributed by atoms with E-state index in [-0.39, 0.29) is 18.1 Å². The molecule has 0 saturated heterocycles. The van der Waals surface area contributed by atoms with Crippen LogP contribution in [-0.4, -0.2) is 28.8 Å². The molecule has 1 aromatic heterocycles. The number of H-pyrrole nitrogens is 1. The largest absolute Gasteiger partial charge is 0.462 e. The van der Waals surface area contributed by atoms with Gasteiger partial charge in [-0.3, -0.25) is 9.78 Å². The van der Waals surface area contributed by atoms with Crippen LogP contribution in [0.25, 0.3) is 0 Å². The molecule has 0 unspecified atom stereocenters. The summed E-state index contributed by atoms with van der Waals surface area (Å²) in [7, 11) is 0. The molecule has 0 saturated carbocycles. The average Bonchev–Trinajstić information content (AvgIpc) is 2.47. The van der Waals surface area contributed by atoms with Gasteiger partial charge in [0, 0.05) is 23.2 Å². The molecule has 0 amide bonds. The van der Waals surface area contributed by atoms with Crippen LogP contribution in [0.3, 0.4) is 0 Å². The second-order valence-corrected chi connectivity index (χ2v) is 4.31. The summed E-state index contributed by atoms with van der Waals surface area (Å²) in [5.74, 6) is -0.553. The number of aromatic nitrogens is 2. The van der Waals surface area contributed by atoms with Crippen molar-refractivity contribution >= 4 is 29.5 Å². The Morgan fingerprint density at radius 2 is 2.32 bits per heavy atom. The van der Waals surface area contributed by atoms with Gasteiger partial charge in [-0.1, -0.05) is 0 Å². The predicted octanol–water partition coefficient (Wildman–Crippen LogP) is 1.27. The van der Waals surface area contributed by atoms with Gasteiger partial charge in [0.15, 0.2) is 0 Å². The zero-order valence-corrected chi connectivity index (χ0v) is 11.8. The molecule has 114 valence electrons. The highest BCUT2D eigenvalue weighted by atomic mass is 16.5. The van der Waals surface area contributed by atoms with Crippen LogP contribution in [0.2, 0.25) is 0 Å². The summed E-state index contributed by atoms with van der Waals surface area (Å²) in [5, 5.41) is 10.0. The lowest BCUT2D eigenvalue weighted by Crippen LogP contribution is -2.21. The van der Waals surface area contributed by atoms with Crippen LogP contribution in [0, 0.1) is 5.41 Å². The molecule has 5 N–H and O–H groups in total. The molecule has 0 aliphatic heterocycles. The van der Waals surface area contributed by atoms with E-state index in [0.29, 0.717) is 16.9 Å². The minimum Gasteiger partial charge on any atom is -0.462 e. The lowest BCUT2D eigenvalue weighted by Gasteiger charge is -2.08. The highest BCUT2D eigenvalue weighted by molar-refractivity contribution is 5.89. The van der Waals surface area contributed by atoms with Crippen LogP contribution < -0.4 is 16.6 Å². The van der Waals surface area contributed by atoms with Gasteiger partial charge in [0.1, 0.15) is 5.56 Å². The second-order valence-electron chi connectivity index (χ2n) is 4.31. The molecule has 2 rings (SSSR count). The van der Waals surface area contributed by atoms with E-state index in [1.165, 1.54) is 0 Å². The fourth-order valence-electron chi connectivity index (χ4n) is 1.73. The second kappa shape index (κ2) is 6.53. The molecule has 0 spiro atoms. The number of nitrogens with one attached hydrogen (secondary N) is 3. The number of hydrogen-bond donors (Lipinski definition) is 4. The van der Waals surface area contributed by atoms with Gasteiger partial charge < -0.3 is 21.2 Å². The topological polar surface area (TPSA) is 134 Å².